The number of rotatable bonds is 4. The predicted molar refractivity (Wildman–Crippen MR) is 101 cm³/mol. The van der Waals surface area contributed by atoms with Crippen LogP contribution in [0.5, 0.6) is 0 Å². The molecule has 1 heterocycles. The third kappa shape index (κ3) is 3.46. The van der Waals surface area contributed by atoms with Gasteiger partial charge in [0.2, 0.25) is 0 Å². The summed E-state index contributed by atoms with van der Waals surface area (Å²) >= 11 is 1.60. The lowest BCUT2D eigenvalue weighted by atomic mass is 10.1. The number of anilines is 2. The minimum atomic E-state index is -0.125. The number of para-hydroxylation sites is 1. The molecule has 0 aliphatic carbocycles. The van der Waals surface area contributed by atoms with Gasteiger partial charge in [-0.3, -0.25) is 4.79 Å². The molecule has 0 spiro atoms. The molecule has 0 aliphatic heterocycles. The smallest absolute Gasteiger partial charge is 0.255 e. The quantitative estimate of drug-likeness (QED) is 0.765. The van der Waals surface area contributed by atoms with Crippen molar-refractivity contribution in [3.63, 3.8) is 0 Å². The Labute approximate surface area is 145 Å². The number of thiazole rings is 1. The van der Waals surface area contributed by atoms with Crippen molar-refractivity contribution in [2.45, 2.75) is 6.92 Å². The number of benzene rings is 2. The molecule has 0 bridgehead atoms. The van der Waals surface area contributed by atoms with Crippen molar-refractivity contribution in [3.05, 3.63) is 64.5 Å². The maximum Gasteiger partial charge on any atom is 0.255 e. The zero-order chi connectivity index (χ0) is 17.1. The van der Waals surface area contributed by atoms with E-state index in [-0.39, 0.29) is 5.91 Å². The fourth-order valence-corrected chi connectivity index (χ4v) is 3.02. The van der Waals surface area contributed by atoms with E-state index in [1.807, 2.05) is 79.8 Å². The predicted octanol–water partition coefficient (Wildman–Crippen LogP) is 4.44. The summed E-state index contributed by atoms with van der Waals surface area (Å²) in [6.07, 6.45) is 0. The maximum absolute atomic E-state index is 12.5. The van der Waals surface area contributed by atoms with Crippen LogP contribution in [0.3, 0.4) is 0 Å². The van der Waals surface area contributed by atoms with Crippen LogP contribution >= 0.6 is 11.3 Å². The van der Waals surface area contributed by atoms with Gasteiger partial charge in [-0.15, -0.1) is 11.3 Å². The third-order valence-electron chi connectivity index (χ3n) is 3.72. The Kier molecular flexibility index (Phi) is 4.62. The van der Waals surface area contributed by atoms with Crippen LogP contribution in [0.2, 0.25) is 0 Å². The van der Waals surface area contributed by atoms with Crippen molar-refractivity contribution in [1.82, 2.24) is 4.98 Å². The molecule has 0 atom stereocenters. The minimum Gasteiger partial charge on any atom is -0.378 e. The topological polar surface area (TPSA) is 45.2 Å². The first-order valence-corrected chi connectivity index (χ1v) is 8.53. The van der Waals surface area contributed by atoms with E-state index in [0.29, 0.717) is 5.56 Å². The molecular weight excluding hydrogens is 318 g/mol. The van der Waals surface area contributed by atoms with Gasteiger partial charge in [-0.2, -0.15) is 0 Å². The maximum atomic E-state index is 12.5. The molecule has 3 rings (SSSR count). The van der Waals surface area contributed by atoms with Gasteiger partial charge in [0.15, 0.2) is 0 Å². The first kappa shape index (κ1) is 16.2. The summed E-state index contributed by atoms with van der Waals surface area (Å²) in [7, 11) is 3.95. The Morgan fingerprint density at radius 2 is 1.79 bits per heavy atom. The molecule has 4 nitrogen and oxygen atoms in total. The van der Waals surface area contributed by atoms with Crippen LogP contribution in [0.4, 0.5) is 11.4 Å². The van der Waals surface area contributed by atoms with E-state index in [0.717, 1.165) is 27.6 Å². The molecule has 0 saturated heterocycles. The van der Waals surface area contributed by atoms with Gasteiger partial charge in [0.25, 0.3) is 5.91 Å². The molecule has 0 aliphatic rings. The second-order valence-corrected chi connectivity index (χ2v) is 6.76. The van der Waals surface area contributed by atoms with E-state index in [2.05, 4.69) is 10.3 Å². The highest BCUT2D eigenvalue weighted by Crippen LogP contribution is 2.29. The molecule has 3 aromatic rings. The Morgan fingerprint density at radius 3 is 2.42 bits per heavy atom. The Balaban J connectivity index is 1.84. The zero-order valence-electron chi connectivity index (χ0n) is 13.9. The summed E-state index contributed by atoms with van der Waals surface area (Å²) in [5, 5.41) is 6.01. The molecule has 1 N–H and O–H groups in total. The molecule has 0 unspecified atom stereocenters. The van der Waals surface area contributed by atoms with Crippen LogP contribution in [0, 0.1) is 6.92 Å². The molecule has 0 radical (unpaired) electrons. The highest BCUT2D eigenvalue weighted by molar-refractivity contribution is 7.09. The van der Waals surface area contributed by atoms with Crippen molar-refractivity contribution in [3.8, 4) is 11.3 Å². The minimum absolute atomic E-state index is 0.125. The van der Waals surface area contributed by atoms with Gasteiger partial charge in [-0.05, 0) is 37.3 Å². The largest absolute Gasteiger partial charge is 0.378 e. The second-order valence-electron chi connectivity index (χ2n) is 5.69. The summed E-state index contributed by atoms with van der Waals surface area (Å²) in [5.41, 5.74) is 4.27. The van der Waals surface area contributed by atoms with Crippen molar-refractivity contribution in [2.24, 2.45) is 0 Å². The van der Waals surface area contributed by atoms with E-state index in [4.69, 9.17) is 0 Å². The Morgan fingerprint density at radius 1 is 1.08 bits per heavy atom. The van der Waals surface area contributed by atoms with Gasteiger partial charge in [-0.25, -0.2) is 4.98 Å². The third-order valence-corrected chi connectivity index (χ3v) is 4.49. The van der Waals surface area contributed by atoms with E-state index in [9.17, 15) is 4.79 Å². The lowest BCUT2D eigenvalue weighted by Gasteiger charge is -2.13. The van der Waals surface area contributed by atoms with Crippen molar-refractivity contribution >= 4 is 28.6 Å². The van der Waals surface area contributed by atoms with Gasteiger partial charge >= 0.3 is 0 Å². The van der Waals surface area contributed by atoms with E-state index >= 15 is 0 Å². The van der Waals surface area contributed by atoms with Gasteiger partial charge in [0.05, 0.1) is 16.4 Å². The van der Waals surface area contributed by atoms with Crippen LogP contribution in [-0.4, -0.2) is 25.0 Å². The molecule has 1 aromatic heterocycles. The van der Waals surface area contributed by atoms with E-state index in [1.165, 1.54) is 0 Å². The average Bonchev–Trinajstić information content (AvgIpc) is 3.01. The summed E-state index contributed by atoms with van der Waals surface area (Å²) < 4.78 is 0. The first-order valence-electron chi connectivity index (χ1n) is 7.65. The van der Waals surface area contributed by atoms with Gasteiger partial charge in [0, 0.05) is 36.3 Å². The number of carbonyl (C=O) groups excluding carboxylic acids is 1. The molecule has 2 aromatic carbocycles. The number of aromatic nitrogens is 1. The van der Waals surface area contributed by atoms with Crippen LogP contribution in [0.15, 0.2) is 53.9 Å². The van der Waals surface area contributed by atoms with Gasteiger partial charge in [-0.1, -0.05) is 18.2 Å². The number of amides is 1. The van der Waals surface area contributed by atoms with Crippen LogP contribution in [0.1, 0.15) is 15.4 Å². The zero-order valence-corrected chi connectivity index (χ0v) is 14.7. The molecule has 1 amide bonds. The normalized spacial score (nSPS) is 10.5. The molecule has 0 fully saturated rings. The highest BCUT2D eigenvalue weighted by atomic mass is 32.1. The highest BCUT2D eigenvalue weighted by Gasteiger charge is 2.12. The number of carbonyl (C=O) groups is 1. The van der Waals surface area contributed by atoms with Crippen molar-refractivity contribution in [1.29, 1.82) is 0 Å². The molecule has 24 heavy (non-hydrogen) atoms. The fourth-order valence-electron chi connectivity index (χ4n) is 2.41. The van der Waals surface area contributed by atoms with Crippen LogP contribution < -0.4 is 10.2 Å². The number of nitrogens with one attached hydrogen (secondary N) is 1. The molecule has 0 saturated carbocycles. The molecular formula is C19H19N3OS. The van der Waals surface area contributed by atoms with Crippen LogP contribution in [-0.2, 0) is 0 Å². The lowest BCUT2D eigenvalue weighted by molar-refractivity contribution is 0.102. The summed E-state index contributed by atoms with van der Waals surface area (Å²) in [4.78, 5) is 19.1. The lowest BCUT2D eigenvalue weighted by Crippen LogP contribution is -2.13. The van der Waals surface area contributed by atoms with E-state index < -0.39 is 0 Å². The fraction of sp³-hybridized carbons (Fsp3) is 0.158. The van der Waals surface area contributed by atoms with Crippen LogP contribution in [0.25, 0.3) is 11.3 Å². The molecule has 122 valence electrons. The summed E-state index contributed by atoms with van der Waals surface area (Å²) in [5.74, 6) is -0.125. The van der Waals surface area contributed by atoms with Crippen molar-refractivity contribution < 1.29 is 4.79 Å². The Bertz CT molecular complexity index is 853. The second kappa shape index (κ2) is 6.84. The van der Waals surface area contributed by atoms with Gasteiger partial charge in [0.1, 0.15) is 0 Å². The van der Waals surface area contributed by atoms with Gasteiger partial charge < -0.3 is 10.2 Å². The first-order chi connectivity index (χ1) is 11.5. The number of hydrogen-bond donors (Lipinski definition) is 1. The average molecular weight is 337 g/mol. The number of nitrogens with zero attached hydrogens (tertiary/aromatic N) is 2. The standard InChI is InChI=1S/C19H19N3OS/c1-13-20-18(12-24-13)16-6-4-5-7-17(16)21-19(23)14-8-10-15(11-9-14)22(2)3/h4-12H,1-3H3,(H,21,23). The number of aryl methyl sites for hydroxylation is 1. The monoisotopic (exact) mass is 337 g/mol. The molecule has 5 heteroatoms. The van der Waals surface area contributed by atoms with Crippen molar-refractivity contribution in [2.75, 3.05) is 24.3 Å². The van der Waals surface area contributed by atoms with E-state index in [1.54, 1.807) is 11.3 Å². The number of hydrogen-bond acceptors (Lipinski definition) is 4. The SMILES string of the molecule is Cc1nc(-c2ccccc2NC(=O)c2ccc(N(C)C)cc2)cs1. The summed E-state index contributed by atoms with van der Waals surface area (Å²) in [6.45, 7) is 1.97. The summed E-state index contributed by atoms with van der Waals surface area (Å²) in [6, 6.07) is 15.3. The Hall–Kier alpha value is -2.66.